The van der Waals surface area contributed by atoms with Crippen LogP contribution < -0.4 is 5.32 Å². The standard InChI is InChI=1S/C13H16N2O2/c1-4-5-8-14-11(3)12-7-6-10(2)13(9-12)15(16)17/h1,6-7,9,11,14H,5,8H2,2-3H3. The number of nitro benzene ring substituents is 1. The maximum atomic E-state index is 10.8. The Kier molecular flexibility index (Phi) is 4.68. The highest BCUT2D eigenvalue weighted by atomic mass is 16.6. The molecule has 1 aromatic carbocycles. The van der Waals surface area contributed by atoms with E-state index in [0.717, 1.165) is 5.56 Å². The predicted octanol–water partition coefficient (Wildman–Crippen LogP) is 2.58. The third-order valence-electron chi connectivity index (χ3n) is 2.65. The van der Waals surface area contributed by atoms with Crippen molar-refractivity contribution in [2.75, 3.05) is 6.54 Å². The first-order chi connectivity index (χ1) is 8.06. The van der Waals surface area contributed by atoms with E-state index in [1.807, 2.05) is 13.0 Å². The first-order valence-electron chi connectivity index (χ1n) is 5.48. The Bertz CT molecular complexity index is 449. The van der Waals surface area contributed by atoms with Crippen LogP contribution in [0.1, 0.15) is 30.5 Å². The van der Waals surface area contributed by atoms with E-state index >= 15 is 0 Å². The average molecular weight is 232 g/mol. The van der Waals surface area contributed by atoms with E-state index in [-0.39, 0.29) is 16.7 Å². The lowest BCUT2D eigenvalue weighted by atomic mass is 10.0. The minimum absolute atomic E-state index is 0.0580. The van der Waals surface area contributed by atoms with E-state index in [9.17, 15) is 10.1 Å². The molecule has 0 saturated carbocycles. The molecule has 0 heterocycles. The van der Waals surface area contributed by atoms with Crippen LogP contribution in [0.3, 0.4) is 0 Å². The molecule has 0 aromatic heterocycles. The molecule has 1 unspecified atom stereocenters. The Labute approximate surface area is 101 Å². The second-order valence-corrected chi connectivity index (χ2v) is 3.93. The Morgan fingerprint density at radius 3 is 2.88 bits per heavy atom. The normalized spacial score (nSPS) is 11.8. The van der Waals surface area contributed by atoms with Crippen molar-refractivity contribution in [3.05, 3.63) is 39.4 Å². The Morgan fingerprint density at radius 2 is 2.29 bits per heavy atom. The molecule has 1 aromatic rings. The van der Waals surface area contributed by atoms with Gasteiger partial charge < -0.3 is 5.32 Å². The van der Waals surface area contributed by atoms with Gasteiger partial charge in [-0.2, -0.15) is 0 Å². The monoisotopic (exact) mass is 232 g/mol. The number of nitro groups is 1. The molecular weight excluding hydrogens is 216 g/mol. The molecule has 0 aliphatic rings. The van der Waals surface area contributed by atoms with Gasteiger partial charge in [0.1, 0.15) is 0 Å². The van der Waals surface area contributed by atoms with Crippen molar-refractivity contribution in [3.63, 3.8) is 0 Å². The first-order valence-corrected chi connectivity index (χ1v) is 5.48. The van der Waals surface area contributed by atoms with E-state index < -0.39 is 0 Å². The van der Waals surface area contributed by atoms with Crippen molar-refractivity contribution in [1.29, 1.82) is 0 Å². The van der Waals surface area contributed by atoms with Gasteiger partial charge >= 0.3 is 0 Å². The number of hydrogen-bond donors (Lipinski definition) is 1. The van der Waals surface area contributed by atoms with Gasteiger partial charge in [-0.05, 0) is 19.4 Å². The van der Waals surface area contributed by atoms with Crippen LogP contribution in [-0.2, 0) is 0 Å². The number of hydrogen-bond acceptors (Lipinski definition) is 3. The van der Waals surface area contributed by atoms with Gasteiger partial charge in [-0.15, -0.1) is 12.3 Å². The topological polar surface area (TPSA) is 55.2 Å². The predicted molar refractivity (Wildman–Crippen MR) is 67.7 cm³/mol. The third kappa shape index (κ3) is 3.58. The van der Waals surface area contributed by atoms with E-state index in [0.29, 0.717) is 18.5 Å². The molecule has 1 atom stereocenters. The summed E-state index contributed by atoms with van der Waals surface area (Å²) in [5.41, 5.74) is 1.74. The zero-order valence-corrected chi connectivity index (χ0v) is 10.1. The summed E-state index contributed by atoms with van der Waals surface area (Å²) in [7, 11) is 0. The van der Waals surface area contributed by atoms with Crippen LogP contribution in [0, 0.1) is 29.4 Å². The summed E-state index contributed by atoms with van der Waals surface area (Å²) in [5, 5.41) is 14.0. The van der Waals surface area contributed by atoms with Gasteiger partial charge in [-0.25, -0.2) is 0 Å². The van der Waals surface area contributed by atoms with Crippen LogP contribution in [0.25, 0.3) is 0 Å². The van der Waals surface area contributed by atoms with Crippen LogP contribution in [0.5, 0.6) is 0 Å². The lowest BCUT2D eigenvalue weighted by molar-refractivity contribution is -0.385. The highest BCUT2D eigenvalue weighted by Crippen LogP contribution is 2.22. The Morgan fingerprint density at radius 1 is 1.59 bits per heavy atom. The minimum Gasteiger partial charge on any atom is -0.309 e. The zero-order valence-electron chi connectivity index (χ0n) is 10.1. The number of benzene rings is 1. The molecule has 17 heavy (non-hydrogen) atoms. The molecule has 0 amide bonds. The third-order valence-corrected chi connectivity index (χ3v) is 2.65. The van der Waals surface area contributed by atoms with E-state index in [4.69, 9.17) is 6.42 Å². The fourth-order valence-electron chi connectivity index (χ4n) is 1.57. The van der Waals surface area contributed by atoms with Crippen LogP contribution in [0.15, 0.2) is 18.2 Å². The number of rotatable bonds is 5. The smallest absolute Gasteiger partial charge is 0.272 e. The van der Waals surface area contributed by atoms with Crippen LogP contribution in [0.2, 0.25) is 0 Å². The first kappa shape index (κ1) is 13.2. The van der Waals surface area contributed by atoms with Crippen molar-refractivity contribution in [3.8, 4) is 12.3 Å². The lowest BCUT2D eigenvalue weighted by Crippen LogP contribution is -2.19. The minimum atomic E-state index is -0.354. The summed E-state index contributed by atoms with van der Waals surface area (Å²) in [6.07, 6.45) is 5.81. The summed E-state index contributed by atoms with van der Waals surface area (Å²) in [6, 6.07) is 5.34. The fourth-order valence-corrected chi connectivity index (χ4v) is 1.57. The van der Waals surface area contributed by atoms with Gasteiger partial charge in [0.25, 0.3) is 5.69 Å². The molecule has 90 valence electrons. The molecule has 1 rings (SSSR count). The molecule has 0 bridgehead atoms. The van der Waals surface area contributed by atoms with E-state index in [1.54, 1.807) is 19.1 Å². The van der Waals surface area contributed by atoms with Crippen molar-refractivity contribution in [2.24, 2.45) is 0 Å². The lowest BCUT2D eigenvalue weighted by Gasteiger charge is -2.13. The van der Waals surface area contributed by atoms with E-state index in [1.165, 1.54) is 0 Å². The van der Waals surface area contributed by atoms with Gasteiger partial charge in [0.15, 0.2) is 0 Å². The molecule has 0 aliphatic heterocycles. The second kappa shape index (κ2) is 6.02. The highest BCUT2D eigenvalue weighted by Gasteiger charge is 2.13. The van der Waals surface area contributed by atoms with Gasteiger partial charge in [-0.3, -0.25) is 10.1 Å². The van der Waals surface area contributed by atoms with Gasteiger partial charge in [-0.1, -0.05) is 12.1 Å². The Balaban J connectivity index is 2.81. The molecule has 0 spiro atoms. The number of terminal acetylenes is 1. The summed E-state index contributed by atoms with van der Waals surface area (Å²) in [6.45, 7) is 4.41. The molecule has 4 nitrogen and oxygen atoms in total. The van der Waals surface area contributed by atoms with Crippen molar-refractivity contribution < 1.29 is 4.92 Å². The molecule has 0 radical (unpaired) electrons. The van der Waals surface area contributed by atoms with Gasteiger partial charge in [0.2, 0.25) is 0 Å². The maximum Gasteiger partial charge on any atom is 0.272 e. The van der Waals surface area contributed by atoms with Crippen molar-refractivity contribution in [2.45, 2.75) is 26.3 Å². The van der Waals surface area contributed by atoms with E-state index in [2.05, 4.69) is 11.2 Å². The van der Waals surface area contributed by atoms with Crippen LogP contribution in [-0.4, -0.2) is 11.5 Å². The summed E-state index contributed by atoms with van der Waals surface area (Å²) >= 11 is 0. The summed E-state index contributed by atoms with van der Waals surface area (Å²) in [4.78, 5) is 10.5. The number of aryl methyl sites for hydroxylation is 1. The number of nitrogens with one attached hydrogen (secondary N) is 1. The van der Waals surface area contributed by atoms with Crippen molar-refractivity contribution in [1.82, 2.24) is 5.32 Å². The molecule has 4 heteroatoms. The van der Waals surface area contributed by atoms with Crippen LogP contribution in [0.4, 0.5) is 5.69 Å². The van der Waals surface area contributed by atoms with Crippen LogP contribution >= 0.6 is 0 Å². The molecule has 1 N–H and O–H groups in total. The fraction of sp³-hybridized carbons (Fsp3) is 0.385. The second-order valence-electron chi connectivity index (χ2n) is 3.93. The zero-order chi connectivity index (χ0) is 12.8. The van der Waals surface area contributed by atoms with Gasteiger partial charge in [0.05, 0.1) is 4.92 Å². The maximum absolute atomic E-state index is 10.8. The van der Waals surface area contributed by atoms with Gasteiger partial charge in [0, 0.05) is 30.6 Å². The quantitative estimate of drug-likeness (QED) is 0.367. The molecule has 0 fully saturated rings. The van der Waals surface area contributed by atoms with Crippen molar-refractivity contribution >= 4 is 5.69 Å². The highest BCUT2D eigenvalue weighted by molar-refractivity contribution is 5.43. The molecule has 0 aliphatic carbocycles. The molecule has 0 saturated heterocycles. The Hall–Kier alpha value is -1.86. The summed E-state index contributed by atoms with van der Waals surface area (Å²) < 4.78 is 0. The average Bonchev–Trinajstić information content (AvgIpc) is 2.29. The summed E-state index contributed by atoms with van der Waals surface area (Å²) in [5.74, 6) is 2.54. The SMILES string of the molecule is C#CCCNC(C)c1ccc(C)c([N+](=O)[O-])c1. The largest absolute Gasteiger partial charge is 0.309 e. The number of nitrogens with zero attached hydrogens (tertiary/aromatic N) is 1. The molecular formula is C13H16N2O2.